The molecule has 0 bridgehead atoms. The maximum Gasteiger partial charge on any atom is 0.220 e. The molecule has 124 valence electrons. The number of amides is 1. The van der Waals surface area contributed by atoms with Crippen LogP contribution in [-0.2, 0) is 14.4 Å². The van der Waals surface area contributed by atoms with E-state index in [1.807, 2.05) is 27.7 Å². The van der Waals surface area contributed by atoms with Gasteiger partial charge in [0, 0.05) is 23.8 Å². The number of hydrogen-bond donors (Lipinski definition) is 2. The van der Waals surface area contributed by atoms with E-state index in [1.165, 1.54) is 0 Å². The number of ketones is 2. The predicted octanol–water partition coefficient (Wildman–Crippen LogP) is 1.60. The summed E-state index contributed by atoms with van der Waals surface area (Å²) < 4.78 is 0. The highest BCUT2D eigenvalue weighted by molar-refractivity contribution is 5.93. The average Bonchev–Trinajstić information content (AvgIpc) is 3.05. The Morgan fingerprint density at radius 1 is 1.18 bits per heavy atom. The minimum absolute atomic E-state index is 0.0274. The third kappa shape index (κ3) is 3.94. The van der Waals surface area contributed by atoms with Crippen molar-refractivity contribution in [3.05, 3.63) is 0 Å². The van der Waals surface area contributed by atoms with Crippen LogP contribution in [0.15, 0.2) is 0 Å². The predicted molar refractivity (Wildman–Crippen MR) is 84.4 cm³/mol. The van der Waals surface area contributed by atoms with Crippen LogP contribution in [0, 0.1) is 11.3 Å². The van der Waals surface area contributed by atoms with Gasteiger partial charge in [-0.3, -0.25) is 14.4 Å². The van der Waals surface area contributed by atoms with Crippen LogP contribution in [0.25, 0.3) is 0 Å². The molecule has 1 amide bonds. The van der Waals surface area contributed by atoms with Gasteiger partial charge in [0.25, 0.3) is 0 Å². The number of hydrogen-bond acceptors (Lipinski definition) is 4. The summed E-state index contributed by atoms with van der Waals surface area (Å²) in [6.45, 7) is 7.76. The van der Waals surface area contributed by atoms with E-state index in [0.29, 0.717) is 12.8 Å². The molecule has 2 aliphatic rings. The van der Waals surface area contributed by atoms with Crippen LogP contribution in [0.1, 0.15) is 59.8 Å². The second-order valence-electron chi connectivity index (χ2n) is 7.81. The smallest absolute Gasteiger partial charge is 0.220 e. The van der Waals surface area contributed by atoms with Crippen LogP contribution in [0.4, 0.5) is 0 Å². The fraction of sp³-hybridized carbons (Fsp3) is 0.824. The lowest BCUT2D eigenvalue weighted by Crippen LogP contribution is -2.43. The fourth-order valence-electron chi connectivity index (χ4n) is 3.45. The van der Waals surface area contributed by atoms with Gasteiger partial charge >= 0.3 is 0 Å². The van der Waals surface area contributed by atoms with Crippen molar-refractivity contribution < 1.29 is 14.4 Å². The van der Waals surface area contributed by atoms with Crippen LogP contribution in [0.3, 0.4) is 0 Å². The normalized spacial score (nSPS) is 30.2. The van der Waals surface area contributed by atoms with Crippen LogP contribution in [-0.4, -0.2) is 35.6 Å². The van der Waals surface area contributed by atoms with Gasteiger partial charge in [0.15, 0.2) is 11.6 Å². The first kappa shape index (κ1) is 17.1. The number of Topliss-reactive ketones (excluding diaryl/α,β-unsaturated/α-hetero) is 2. The lowest BCUT2D eigenvalue weighted by molar-refractivity contribution is -0.128. The Balaban J connectivity index is 1.83. The molecule has 2 aliphatic heterocycles. The zero-order chi connectivity index (χ0) is 16.5. The molecule has 0 aromatic carbocycles. The third-order valence-electron chi connectivity index (χ3n) is 4.76. The SMILES string of the molecule is CC(CC1CC[C@@H](C(=O)C(C)(C)C)N1)C(=O)[C@@H]1CCC(=O)N1. The molecule has 0 aromatic heterocycles. The van der Waals surface area contributed by atoms with Crippen molar-refractivity contribution in [1.29, 1.82) is 0 Å². The molecule has 2 heterocycles. The van der Waals surface area contributed by atoms with Gasteiger partial charge in [-0.25, -0.2) is 0 Å². The molecule has 4 atom stereocenters. The molecule has 0 aliphatic carbocycles. The number of carbonyl (C=O) groups excluding carboxylic acids is 3. The van der Waals surface area contributed by atoms with Gasteiger partial charge in [-0.15, -0.1) is 0 Å². The Labute approximate surface area is 132 Å². The van der Waals surface area contributed by atoms with Crippen molar-refractivity contribution >= 4 is 17.5 Å². The second-order valence-corrected chi connectivity index (χ2v) is 7.81. The van der Waals surface area contributed by atoms with Crippen LogP contribution >= 0.6 is 0 Å². The van der Waals surface area contributed by atoms with Gasteiger partial charge in [-0.05, 0) is 25.7 Å². The first-order valence-electron chi connectivity index (χ1n) is 8.32. The van der Waals surface area contributed by atoms with Gasteiger partial charge in [0.1, 0.15) is 0 Å². The van der Waals surface area contributed by atoms with Crippen molar-refractivity contribution in [2.75, 3.05) is 0 Å². The summed E-state index contributed by atoms with van der Waals surface area (Å²) >= 11 is 0. The Bertz CT molecular complexity index is 467. The van der Waals surface area contributed by atoms with E-state index in [0.717, 1.165) is 19.3 Å². The Hall–Kier alpha value is -1.23. The summed E-state index contributed by atoms with van der Waals surface area (Å²) in [6.07, 6.45) is 3.58. The molecular formula is C17H28N2O3. The number of rotatable bonds is 5. The molecule has 2 rings (SSSR count). The molecule has 0 aromatic rings. The zero-order valence-corrected chi connectivity index (χ0v) is 14.1. The van der Waals surface area contributed by atoms with Crippen molar-refractivity contribution in [2.45, 2.75) is 77.9 Å². The molecule has 0 spiro atoms. The van der Waals surface area contributed by atoms with E-state index < -0.39 is 0 Å². The monoisotopic (exact) mass is 308 g/mol. The summed E-state index contributed by atoms with van der Waals surface area (Å²) in [7, 11) is 0. The second kappa shape index (κ2) is 6.49. The van der Waals surface area contributed by atoms with E-state index in [2.05, 4.69) is 10.6 Å². The molecule has 5 heteroatoms. The minimum atomic E-state index is -0.331. The van der Waals surface area contributed by atoms with Gasteiger partial charge < -0.3 is 10.6 Å². The Morgan fingerprint density at radius 2 is 1.86 bits per heavy atom. The van der Waals surface area contributed by atoms with Crippen LogP contribution in [0.2, 0.25) is 0 Å². The lowest BCUT2D eigenvalue weighted by atomic mass is 9.86. The Morgan fingerprint density at radius 3 is 2.41 bits per heavy atom. The summed E-state index contributed by atoms with van der Waals surface area (Å²) in [5, 5.41) is 6.14. The molecule has 5 nitrogen and oxygen atoms in total. The molecule has 2 unspecified atom stereocenters. The quantitative estimate of drug-likeness (QED) is 0.809. The summed E-state index contributed by atoms with van der Waals surface area (Å²) in [4.78, 5) is 35.9. The third-order valence-corrected chi connectivity index (χ3v) is 4.76. The summed E-state index contributed by atoms with van der Waals surface area (Å²) in [6, 6.07) is -0.179. The van der Waals surface area contributed by atoms with Crippen molar-refractivity contribution in [3.63, 3.8) is 0 Å². The number of carbonyl (C=O) groups is 3. The summed E-state index contributed by atoms with van der Waals surface area (Å²) in [5.74, 6) is 0.250. The van der Waals surface area contributed by atoms with E-state index in [9.17, 15) is 14.4 Å². The van der Waals surface area contributed by atoms with Crippen LogP contribution < -0.4 is 10.6 Å². The molecule has 0 radical (unpaired) electrons. The number of nitrogens with one attached hydrogen (secondary N) is 2. The van der Waals surface area contributed by atoms with Gasteiger partial charge in [-0.2, -0.15) is 0 Å². The molecule has 2 fully saturated rings. The van der Waals surface area contributed by atoms with E-state index in [1.54, 1.807) is 0 Å². The highest BCUT2D eigenvalue weighted by atomic mass is 16.2. The molecule has 0 saturated carbocycles. The minimum Gasteiger partial charge on any atom is -0.346 e. The first-order valence-corrected chi connectivity index (χ1v) is 8.32. The van der Waals surface area contributed by atoms with Gasteiger partial charge in [-0.1, -0.05) is 27.7 Å². The first-order chi connectivity index (χ1) is 10.2. The zero-order valence-electron chi connectivity index (χ0n) is 14.1. The van der Waals surface area contributed by atoms with Crippen molar-refractivity contribution in [2.24, 2.45) is 11.3 Å². The fourth-order valence-corrected chi connectivity index (χ4v) is 3.45. The largest absolute Gasteiger partial charge is 0.346 e. The van der Waals surface area contributed by atoms with Gasteiger partial charge in [0.05, 0.1) is 12.1 Å². The van der Waals surface area contributed by atoms with Crippen molar-refractivity contribution in [1.82, 2.24) is 10.6 Å². The molecule has 2 saturated heterocycles. The molecule has 2 N–H and O–H groups in total. The van der Waals surface area contributed by atoms with E-state index in [4.69, 9.17) is 0 Å². The standard InChI is InChI=1S/C17H28N2O3/c1-10(15(21)12-7-8-14(20)19-12)9-11-5-6-13(18-11)16(22)17(2,3)4/h10-13,18H,5-9H2,1-4H3,(H,19,20)/t10?,11?,12-,13-/m0/s1. The highest BCUT2D eigenvalue weighted by Crippen LogP contribution is 2.26. The maximum absolute atomic E-state index is 12.3. The topological polar surface area (TPSA) is 75.3 Å². The summed E-state index contributed by atoms with van der Waals surface area (Å²) in [5.41, 5.74) is -0.331. The van der Waals surface area contributed by atoms with E-state index >= 15 is 0 Å². The van der Waals surface area contributed by atoms with Gasteiger partial charge in [0.2, 0.25) is 5.91 Å². The average molecular weight is 308 g/mol. The Kier molecular flexibility index (Phi) is 5.05. The lowest BCUT2D eigenvalue weighted by Gasteiger charge is -2.23. The highest BCUT2D eigenvalue weighted by Gasteiger charge is 2.37. The van der Waals surface area contributed by atoms with Crippen LogP contribution in [0.5, 0.6) is 0 Å². The molecule has 22 heavy (non-hydrogen) atoms. The molecular weight excluding hydrogens is 280 g/mol. The van der Waals surface area contributed by atoms with Crippen molar-refractivity contribution in [3.8, 4) is 0 Å². The van der Waals surface area contributed by atoms with E-state index in [-0.39, 0.29) is 46.9 Å². The maximum atomic E-state index is 12.3.